The van der Waals surface area contributed by atoms with Gasteiger partial charge in [0.15, 0.2) is 0 Å². The number of nitrogens with one attached hydrogen (secondary N) is 1. The van der Waals surface area contributed by atoms with Gasteiger partial charge in [0.05, 0.1) is 23.1 Å². The monoisotopic (exact) mass is 270 g/mol. The summed E-state index contributed by atoms with van der Waals surface area (Å²) in [5.41, 5.74) is 1.04. The maximum Gasteiger partial charge on any atom is 0.141 e. The highest BCUT2D eigenvalue weighted by Gasteiger charge is 2.05. The molecule has 0 amide bonds. The lowest BCUT2D eigenvalue weighted by molar-refractivity contribution is 0.613. The Hall–Kier alpha value is -1.10. The summed E-state index contributed by atoms with van der Waals surface area (Å²) in [6.45, 7) is 1.31. The molecule has 0 aliphatic carbocycles. The van der Waals surface area contributed by atoms with Crippen LogP contribution in [0.25, 0.3) is 0 Å². The Morgan fingerprint density at radius 1 is 1.29 bits per heavy atom. The predicted octanol–water partition coefficient (Wildman–Crippen LogP) is 2.35. The van der Waals surface area contributed by atoms with E-state index in [4.69, 9.17) is 23.2 Å². The molecule has 0 saturated carbocycles. The molecule has 1 aromatic carbocycles. The van der Waals surface area contributed by atoms with E-state index >= 15 is 0 Å². The Kier molecular flexibility index (Phi) is 3.99. The molecule has 0 unspecified atom stereocenters. The molecule has 0 fully saturated rings. The molecular formula is C11H12Cl2N4. The third-order valence-electron chi connectivity index (χ3n) is 2.35. The Morgan fingerprint density at radius 3 is 2.82 bits per heavy atom. The van der Waals surface area contributed by atoms with E-state index in [0.717, 1.165) is 11.4 Å². The van der Waals surface area contributed by atoms with E-state index in [9.17, 15) is 0 Å². The average Bonchev–Trinajstić information content (AvgIpc) is 2.72. The summed E-state index contributed by atoms with van der Waals surface area (Å²) in [4.78, 5) is 4.17. The van der Waals surface area contributed by atoms with Crippen molar-refractivity contribution >= 4 is 23.2 Å². The zero-order valence-corrected chi connectivity index (χ0v) is 10.8. The molecule has 0 spiro atoms. The van der Waals surface area contributed by atoms with Gasteiger partial charge in [-0.2, -0.15) is 5.10 Å². The largest absolute Gasteiger partial charge is 0.313 e. The van der Waals surface area contributed by atoms with Crippen molar-refractivity contribution in [2.75, 3.05) is 7.05 Å². The van der Waals surface area contributed by atoms with Crippen LogP contribution in [0.3, 0.4) is 0 Å². The van der Waals surface area contributed by atoms with E-state index in [-0.39, 0.29) is 0 Å². The predicted molar refractivity (Wildman–Crippen MR) is 68.3 cm³/mol. The molecule has 2 rings (SSSR count). The van der Waals surface area contributed by atoms with Gasteiger partial charge in [-0.25, -0.2) is 9.67 Å². The number of benzene rings is 1. The van der Waals surface area contributed by atoms with Crippen LogP contribution in [0.5, 0.6) is 0 Å². The minimum absolute atomic E-state index is 0.555. The molecule has 6 heteroatoms. The quantitative estimate of drug-likeness (QED) is 0.928. The molecule has 1 heterocycles. The van der Waals surface area contributed by atoms with Crippen LogP contribution >= 0.6 is 23.2 Å². The van der Waals surface area contributed by atoms with Crippen molar-refractivity contribution in [3.05, 3.63) is 46.0 Å². The molecular weight excluding hydrogens is 259 g/mol. The van der Waals surface area contributed by atoms with Crippen LogP contribution in [0.15, 0.2) is 24.5 Å². The molecule has 1 N–H and O–H groups in total. The molecule has 0 atom stereocenters. The highest BCUT2D eigenvalue weighted by molar-refractivity contribution is 6.42. The first kappa shape index (κ1) is 12.4. The van der Waals surface area contributed by atoms with Crippen molar-refractivity contribution in [3.8, 4) is 0 Å². The van der Waals surface area contributed by atoms with Crippen molar-refractivity contribution in [2.24, 2.45) is 0 Å². The van der Waals surface area contributed by atoms with Crippen LogP contribution in [-0.2, 0) is 13.1 Å². The van der Waals surface area contributed by atoms with Gasteiger partial charge in [-0.1, -0.05) is 29.3 Å². The van der Waals surface area contributed by atoms with Crippen LogP contribution in [0, 0.1) is 0 Å². The standard InChI is InChI=1S/C11H12Cl2N4/c1-14-5-11-15-7-16-17(11)6-8-2-3-9(12)10(13)4-8/h2-4,7,14H,5-6H2,1H3. The second kappa shape index (κ2) is 5.49. The average molecular weight is 271 g/mol. The van der Waals surface area contributed by atoms with Gasteiger partial charge in [0.1, 0.15) is 12.2 Å². The first-order chi connectivity index (χ1) is 8.20. The summed E-state index contributed by atoms with van der Waals surface area (Å²) in [5.74, 6) is 0.888. The van der Waals surface area contributed by atoms with Gasteiger partial charge < -0.3 is 5.32 Å². The molecule has 0 aliphatic heterocycles. The number of halogens is 2. The highest BCUT2D eigenvalue weighted by atomic mass is 35.5. The van der Waals surface area contributed by atoms with Crippen molar-refractivity contribution in [1.29, 1.82) is 0 Å². The fourth-order valence-electron chi connectivity index (χ4n) is 1.53. The Labute approximate surface area is 110 Å². The first-order valence-electron chi connectivity index (χ1n) is 5.16. The summed E-state index contributed by atoms with van der Waals surface area (Å²) in [6.07, 6.45) is 1.55. The minimum Gasteiger partial charge on any atom is -0.313 e. The number of nitrogens with zero attached hydrogens (tertiary/aromatic N) is 3. The number of rotatable bonds is 4. The molecule has 0 aliphatic rings. The first-order valence-corrected chi connectivity index (χ1v) is 5.91. The van der Waals surface area contributed by atoms with Gasteiger partial charge in [0.2, 0.25) is 0 Å². The number of hydrogen-bond acceptors (Lipinski definition) is 3. The summed E-state index contributed by atoms with van der Waals surface area (Å²) < 4.78 is 1.83. The number of aromatic nitrogens is 3. The number of hydrogen-bond donors (Lipinski definition) is 1. The van der Waals surface area contributed by atoms with Gasteiger partial charge in [-0.15, -0.1) is 0 Å². The van der Waals surface area contributed by atoms with Crippen LogP contribution in [-0.4, -0.2) is 21.8 Å². The smallest absolute Gasteiger partial charge is 0.141 e. The molecule has 0 saturated heterocycles. The maximum absolute atomic E-state index is 5.97. The molecule has 1 aromatic heterocycles. The maximum atomic E-state index is 5.97. The van der Waals surface area contributed by atoms with Crippen LogP contribution in [0.2, 0.25) is 10.0 Å². The lowest BCUT2D eigenvalue weighted by Crippen LogP contribution is -2.14. The van der Waals surface area contributed by atoms with Crippen LogP contribution < -0.4 is 5.32 Å². The van der Waals surface area contributed by atoms with Crippen molar-refractivity contribution < 1.29 is 0 Å². The minimum atomic E-state index is 0.555. The van der Waals surface area contributed by atoms with Crippen molar-refractivity contribution in [1.82, 2.24) is 20.1 Å². The lowest BCUT2D eigenvalue weighted by atomic mass is 10.2. The zero-order valence-electron chi connectivity index (χ0n) is 9.32. The second-order valence-corrected chi connectivity index (χ2v) is 4.43. The summed E-state index contributed by atoms with van der Waals surface area (Å²) in [5, 5.41) is 8.33. The Morgan fingerprint density at radius 2 is 2.12 bits per heavy atom. The van der Waals surface area contributed by atoms with Gasteiger partial charge >= 0.3 is 0 Å². The van der Waals surface area contributed by atoms with Gasteiger partial charge in [-0.3, -0.25) is 0 Å². The topological polar surface area (TPSA) is 42.7 Å². The van der Waals surface area contributed by atoms with E-state index in [1.54, 1.807) is 12.4 Å². The molecule has 4 nitrogen and oxygen atoms in total. The normalized spacial score (nSPS) is 10.8. The SMILES string of the molecule is CNCc1ncnn1Cc1ccc(Cl)c(Cl)c1. The van der Waals surface area contributed by atoms with Crippen LogP contribution in [0.1, 0.15) is 11.4 Å². The van der Waals surface area contributed by atoms with E-state index < -0.39 is 0 Å². The van der Waals surface area contributed by atoms with Crippen molar-refractivity contribution in [3.63, 3.8) is 0 Å². The van der Waals surface area contributed by atoms with E-state index in [1.165, 1.54) is 0 Å². The molecule has 0 radical (unpaired) electrons. The molecule has 0 bridgehead atoms. The van der Waals surface area contributed by atoms with Gasteiger partial charge in [0.25, 0.3) is 0 Å². The fraction of sp³-hybridized carbons (Fsp3) is 0.273. The molecule has 90 valence electrons. The van der Waals surface area contributed by atoms with Gasteiger partial charge in [-0.05, 0) is 24.7 Å². The second-order valence-electron chi connectivity index (χ2n) is 3.61. The summed E-state index contributed by atoms with van der Waals surface area (Å²) in [7, 11) is 1.87. The van der Waals surface area contributed by atoms with E-state index in [1.807, 2.05) is 23.9 Å². The van der Waals surface area contributed by atoms with E-state index in [2.05, 4.69) is 15.4 Å². The lowest BCUT2D eigenvalue weighted by Gasteiger charge is -2.06. The Bertz CT molecular complexity index is 510. The van der Waals surface area contributed by atoms with Crippen LogP contribution in [0.4, 0.5) is 0 Å². The zero-order chi connectivity index (χ0) is 12.3. The summed E-state index contributed by atoms with van der Waals surface area (Å²) >= 11 is 11.8. The molecule has 17 heavy (non-hydrogen) atoms. The third-order valence-corrected chi connectivity index (χ3v) is 3.09. The van der Waals surface area contributed by atoms with Gasteiger partial charge in [0, 0.05) is 0 Å². The Balaban J connectivity index is 2.19. The third kappa shape index (κ3) is 2.97. The van der Waals surface area contributed by atoms with Crippen molar-refractivity contribution in [2.45, 2.75) is 13.1 Å². The van der Waals surface area contributed by atoms with E-state index in [0.29, 0.717) is 23.1 Å². The summed E-state index contributed by atoms with van der Waals surface area (Å²) in [6, 6.07) is 5.56. The molecule has 2 aromatic rings. The highest BCUT2D eigenvalue weighted by Crippen LogP contribution is 2.22. The fourth-order valence-corrected chi connectivity index (χ4v) is 1.85.